The van der Waals surface area contributed by atoms with Crippen LogP contribution in [0.4, 0.5) is 0 Å². The molecule has 4 saturated carbocycles. The summed E-state index contributed by atoms with van der Waals surface area (Å²) in [5, 5.41) is 0. The average molecular weight is 562 g/mol. The molecule has 5 heteroatoms. The predicted octanol–water partition coefficient (Wildman–Crippen LogP) is 6.24. The van der Waals surface area contributed by atoms with E-state index in [0.717, 1.165) is 48.5 Å². The second kappa shape index (κ2) is 8.46. The van der Waals surface area contributed by atoms with Crippen molar-refractivity contribution >= 4 is 40.1 Å². The van der Waals surface area contributed by atoms with Crippen LogP contribution in [0.3, 0.4) is 0 Å². The van der Waals surface area contributed by atoms with E-state index in [1.54, 1.807) is 6.92 Å². The van der Waals surface area contributed by atoms with Gasteiger partial charge in [0, 0.05) is 21.8 Å². The molecule has 0 amide bonds. The molecule has 5 rings (SSSR count). The Hall–Kier alpha value is -1.24. The van der Waals surface area contributed by atoms with Crippen molar-refractivity contribution in [2.45, 2.75) is 78.2 Å². The minimum atomic E-state index is -0.235. The summed E-state index contributed by atoms with van der Waals surface area (Å²) in [6, 6.07) is 7.54. The summed E-state index contributed by atoms with van der Waals surface area (Å²) in [6.07, 6.45) is 7.33. The Kier molecular flexibility index (Phi) is 6.02. The normalized spacial score (nSPS) is 42.1. The Morgan fingerprint density at radius 2 is 1.85 bits per heavy atom. The van der Waals surface area contributed by atoms with Gasteiger partial charge in [0.25, 0.3) is 0 Å². The number of esters is 1. The van der Waals surface area contributed by atoms with Crippen molar-refractivity contribution in [1.82, 2.24) is 0 Å². The number of carbonyl (C=O) groups is 3. The predicted molar refractivity (Wildman–Crippen MR) is 135 cm³/mol. The highest BCUT2D eigenvalue weighted by molar-refractivity contribution is 14.1. The molecule has 178 valence electrons. The number of carbonyl (C=O) groups excluding carboxylic acids is 3. The maximum absolute atomic E-state index is 13.7. The van der Waals surface area contributed by atoms with E-state index in [1.165, 1.54) is 0 Å². The molecule has 1 aromatic rings. The van der Waals surface area contributed by atoms with Crippen LogP contribution in [-0.4, -0.2) is 23.6 Å². The van der Waals surface area contributed by atoms with E-state index in [0.29, 0.717) is 35.5 Å². The molecule has 0 bridgehead atoms. The number of hydrogen-bond acceptors (Lipinski definition) is 4. The number of halogens is 1. The third-order valence-corrected chi connectivity index (χ3v) is 10.8. The fourth-order valence-corrected chi connectivity index (χ4v) is 9.19. The molecule has 33 heavy (non-hydrogen) atoms. The molecule has 4 nitrogen and oxygen atoms in total. The fraction of sp³-hybridized carbons (Fsp3) is 0.679. The number of ether oxygens (including phenoxy) is 1. The molecule has 4 fully saturated rings. The van der Waals surface area contributed by atoms with E-state index in [4.69, 9.17) is 4.74 Å². The highest BCUT2D eigenvalue weighted by atomic mass is 127. The molecule has 0 saturated heterocycles. The van der Waals surface area contributed by atoms with Crippen molar-refractivity contribution in [1.29, 1.82) is 0 Å². The van der Waals surface area contributed by atoms with E-state index < -0.39 is 0 Å². The number of hydrogen-bond donors (Lipinski definition) is 0. The van der Waals surface area contributed by atoms with E-state index in [2.05, 4.69) is 36.4 Å². The van der Waals surface area contributed by atoms with Crippen LogP contribution >= 0.6 is 22.6 Å². The molecule has 0 unspecified atom stereocenters. The molecule has 1 aromatic carbocycles. The smallest absolute Gasteiger partial charge is 0.338 e. The Balaban J connectivity index is 1.32. The molecule has 0 aliphatic heterocycles. The van der Waals surface area contributed by atoms with Gasteiger partial charge < -0.3 is 4.74 Å². The van der Waals surface area contributed by atoms with E-state index >= 15 is 0 Å². The number of rotatable bonds is 3. The van der Waals surface area contributed by atoms with Gasteiger partial charge in [-0.2, -0.15) is 0 Å². The summed E-state index contributed by atoms with van der Waals surface area (Å²) in [5.74, 6) is 1.90. The van der Waals surface area contributed by atoms with E-state index in [1.807, 2.05) is 24.3 Å². The summed E-state index contributed by atoms with van der Waals surface area (Å²) in [4.78, 5) is 38.8. The van der Waals surface area contributed by atoms with Crippen LogP contribution in [0.1, 0.15) is 82.5 Å². The quantitative estimate of drug-likeness (QED) is 0.323. The molecule has 0 aromatic heterocycles. The molecule has 0 radical (unpaired) electrons. The van der Waals surface area contributed by atoms with Gasteiger partial charge in [-0.15, -0.1) is 0 Å². The zero-order valence-electron chi connectivity index (χ0n) is 19.9. The first kappa shape index (κ1) is 23.5. The third kappa shape index (κ3) is 3.81. The Bertz CT molecular complexity index is 988. The minimum Gasteiger partial charge on any atom is -0.459 e. The van der Waals surface area contributed by atoms with Gasteiger partial charge in [0.2, 0.25) is 0 Å². The number of benzene rings is 1. The van der Waals surface area contributed by atoms with Gasteiger partial charge in [-0.05, 0) is 121 Å². The number of Topliss-reactive ketones (excluding diaryl/α,β-unsaturated/α-hetero) is 2. The number of fused-ring (bicyclic) bond motifs is 5. The topological polar surface area (TPSA) is 60.4 Å². The lowest BCUT2D eigenvalue weighted by Crippen LogP contribution is -2.58. The highest BCUT2D eigenvalue weighted by Crippen LogP contribution is 2.66. The van der Waals surface area contributed by atoms with Gasteiger partial charge in [0.05, 0.1) is 5.56 Å². The van der Waals surface area contributed by atoms with E-state index in [-0.39, 0.29) is 40.5 Å². The van der Waals surface area contributed by atoms with Gasteiger partial charge in [-0.1, -0.05) is 19.9 Å². The second-order valence-corrected chi connectivity index (χ2v) is 13.0. The van der Waals surface area contributed by atoms with Crippen molar-refractivity contribution in [3.63, 3.8) is 0 Å². The lowest BCUT2D eigenvalue weighted by Gasteiger charge is -2.59. The zero-order valence-corrected chi connectivity index (χ0v) is 22.1. The Labute approximate surface area is 210 Å². The van der Waals surface area contributed by atoms with Crippen molar-refractivity contribution in [3.8, 4) is 0 Å². The minimum absolute atomic E-state index is 0.0132. The summed E-state index contributed by atoms with van der Waals surface area (Å²) in [7, 11) is 0. The van der Waals surface area contributed by atoms with Gasteiger partial charge in [-0.25, -0.2) is 4.79 Å². The van der Waals surface area contributed by atoms with Gasteiger partial charge >= 0.3 is 5.97 Å². The Morgan fingerprint density at radius 3 is 2.58 bits per heavy atom. The van der Waals surface area contributed by atoms with Crippen molar-refractivity contribution in [2.75, 3.05) is 0 Å². The van der Waals surface area contributed by atoms with Crippen LogP contribution in [-0.2, 0) is 14.3 Å². The van der Waals surface area contributed by atoms with Crippen molar-refractivity contribution < 1.29 is 19.1 Å². The molecular formula is C28H35IO4. The molecule has 0 heterocycles. The fourth-order valence-electron chi connectivity index (χ4n) is 8.64. The first-order chi connectivity index (χ1) is 15.6. The average Bonchev–Trinajstić information content (AvgIpc) is 3.10. The van der Waals surface area contributed by atoms with Gasteiger partial charge in [0.15, 0.2) is 0 Å². The van der Waals surface area contributed by atoms with E-state index in [9.17, 15) is 14.4 Å². The van der Waals surface area contributed by atoms with Crippen LogP contribution in [0, 0.1) is 44.0 Å². The lowest BCUT2D eigenvalue weighted by atomic mass is 9.44. The van der Waals surface area contributed by atoms with Crippen molar-refractivity contribution in [3.05, 3.63) is 33.4 Å². The van der Waals surface area contributed by atoms with Crippen LogP contribution in [0.25, 0.3) is 0 Å². The van der Waals surface area contributed by atoms with Gasteiger partial charge in [-0.3, -0.25) is 9.59 Å². The summed E-state index contributed by atoms with van der Waals surface area (Å²) >= 11 is 2.21. The Morgan fingerprint density at radius 1 is 1.06 bits per heavy atom. The molecule has 0 spiro atoms. The monoisotopic (exact) mass is 562 g/mol. The highest BCUT2D eigenvalue weighted by Gasteiger charge is 2.63. The van der Waals surface area contributed by atoms with Crippen LogP contribution in [0.15, 0.2) is 24.3 Å². The lowest BCUT2D eigenvalue weighted by molar-refractivity contribution is -0.162. The molecular weight excluding hydrogens is 527 g/mol. The maximum Gasteiger partial charge on any atom is 0.338 e. The SMILES string of the molecule is CC(=O)[C@H]1CC[C@H]2[C@@H]3CC[C@H]4C[C@H](OC(=O)c5cccc(I)c5)CC[C@]4(C)[C@H]3C(=O)C[C@]12C. The second-order valence-electron chi connectivity index (χ2n) is 11.7. The summed E-state index contributed by atoms with van der Waals surface area (Å²) in [5.41, 5.74) is 0.454. The molecule has 4 aliphatic rings. The van der Waals surface area contributed by atoms with Gasteiger partial charge in [0.1, 0.15) is 17.7 Å². The molecule has 0 N–H and O–H groups in total. The third-order valence-electron chi connectivity index (χ3n) is 10.1. The molecule has 4 aliphatic carbocycles. The number of ketones is 2. The first-order valence-electron chi connectivity index (χ1n) is 12.6. The van der Waals surface area contributed by atoms with Crippen molar-refractivity contribution in [2.24, 2.45) is 40.4 Å². The first-order valence-corrected chi connectivity index (χ1v) is 13.7. The zero-order chi connectivity index (χ0) is 23.5. The van der Waals surface area contributed by atoms with Crippen LogP contribution in [0.2, 0.25) is 0 Å². The molecule has 8 atom stereocenters. The summed E-state index contributed by atoms with van der Waals surface area (Å²) < 4.78 is 6.98. The standard InChI is InChI=1S/C28H35IO4/c1-16(30)22-9-10-23-21-8-7-18-14-20(33-26(32)17-5-4-6-19(29)13-17)11-12-27(18,2)25(21)24(31)15-28(22,23)3/h4-6,13,18,20-23,25H,7-12,14-15H2,1-3H3/t18-,20+,21-,22+,23-,25+,27-,28+/m0/s1. The largest absolute Gasteiger partial charge is 0.459 e. The van der Waals surface area contributed by atoms with Crippen LogP contribution < -0.4 is 0 Å². The van der Waals surface area contributed by atoms with Crippen LogP contribution in [0.5, 0.6) is 0 Å². The maximum atomic E-state index is 13.7. The summed E-state index contributed by atoms with van der Waals surface area (Å²) in [6.45, 7) is 6.27.